The summed E-state index contributed by atoms with van der Waals surface area (Å²) in [6, 6.07) is 8.69. The molecule has 52 heavy (non-hydrogen) atoms. The Morgan fingerprint density at radius 3 is 1.12 bits per heavy atom. The van der Waals surface area contributed by atoms with Crippen LogP contribution >= 0.6 is 99.3 Å². The molecule has 1 aromatic carbocycles. The second-order valence-corrected chi connectivity index (χ2v) is 12.3. The lowest BCUT2D eigenvalue weighted by atomic mass is 10.1. The zero-order valence-electron chi connectivity index (χ0n) is 29.9. The Morgan fingerprint density at radius 1 is 0.442 bits per heavy atom. The third-order valence-corrected chi connectivity index (χ3v) is 8.35. The summed E-state index contributed by atoms with van der Waals surface area (Å²) in [5, 5.41) is 32.2. The third-order valence-electron chi connectivity index (χ3n) is 8.35. The summed E-state index contributed by atoms with van der Waals surface area (Å²) < 4.78 is 3.92. The predicted octanol–water partition coefficient (Wildman–Crippen LogP) is 4.67. The van der Waals surface area contributed by atoms with Gasteiger partial charge >= 0.3 is 0 Å². The highest BCUT2D eigenvalue weighted by Gasteiger charge is 2.12. The molecule has 306 valence electrons. The normalized spacial score (nSPS) is 16.8. The van der Waals surface area contributed by atoms with Crippen LogP contribution in [-0.2, 0) is 26.2 Å². The largest absolute Gasteiger partial charge is 0.317 e. The summed E-state index contributed by atoms with van der Waals surface area (Å²) in [6.07, 6.45) is 11.3. The summed E-state index contributed by atoms with van der Waals surface area (Å²) in [5.74, 6) is 0. The molecular weight excluding hydrogens is 836 g/mol. The minimum absolute atomic E-state index is 0. The maximum Gasteiger partial charge on any atom is 0.0967 e. The highest BCUT2D eigenvalue weighted by molar-refractivity contribution is 5.86. The van der Waals surface area contributed by atoms with Crippen LogP contribution in [0.1, 0.15) is 61.0 Å². The molecule has 2 aliphatic rings. The van der Waals surface area contributed by atoms with E-state index in [-0.39, 0.29) is 99.3 Å². The van der Waals surface area contributed by atoms with Crippen molar-refractivity contribution < 1.29 is 0 Å². The van der Waals surface area contributed by atoms with Crippen LogP contribution in [-0.4, -0.2) is 118 Å². The van der Waals surface area contributed by atoms with Crippen molar-refractivity contribution in [3.63, 3.8) is 0 Å². The Balaban J connectivity index is -0.00000144. The quantitative estimate of drug-likeness (QED) is 0.255. The van der Waals surface area contributed by atoms with Crippen LogP contribution in [0.15, 0.2) is 36.7 Å². The van der Waals surface area contributed by atoms with Gasteiger partial charge in [-0.15, -0.1) is 109 Å². The Hall–Kier alpha value is -0.420. The Bertz CT molecular complexity index is 1110. The maximum absolute atomic E-state index is 4.51. The van der Waals surface area contributed by atoms with E-state index in [1.165, 1.54) is 24.0 Å². The molecule has 0 amide bonds. The van der Waals surface area contributed by atoms with Crippen molar-refractivity contribution in [3.05, 3.63) is 59.2 Å². The van der Waals surface area contributed by atoms with Gasteiger partial charge in [0.25, 0.3) is 0 Å². The maximum atomic E-state index is 4.51. The highest BCUT2D eigenvalue weighted by Crippen LogP contribution is 2.11. The summed E-state index contributed by atoms with van der Waals surface area (Å²) in [6.45, 7) is 16.1. The van der Waals surface area contributed by atoms with Crippen molar-refractivity contribution in [1.82, 2.24) is 61.1 Å². The van der Waals surface area contributed by atoms with Crippen molar-refractivity contribution in [2.24, 2.45) is 0 Å². The number of rotatable bonds is 8. The third kappa shape index (κ3) is 22.8. The number of halogens is 8. The van der Waals surface area contributed by atoms with Crippen LogP contribution in [0.25, 0.3) is 0 Å². The van der Waals surface area contributed by atoms with Crippen molar-refractivity contribution >= 4 is 99.3 Å². The van der Waals surface area contributed by atoms with Gasteiger partial charge in [-0.2, -0.15) is 0 Å². The molecule has 0 spiro atoms. The van der Waals surface area contributed by atoms with Crippen molar-refractivity contribution in [1.29, 1.82) is 0 Å². The zero-order valence-corrected chi connectivity index (χ0v) is 36.4. The van der Waals surface area contributed by atoms with Crippen LogP contribution in [0.4, 0.5) is 0 Å². The average Bonchev–Trinajstić information content (AvgIpc) is 3.65. The Morgan fingerprint density at radius 2 is 0.769 bits per heavy atom. The molecule has 2 aromatic heterocycles. The van der Waals surface area contributed by atoms with Crippen LogP contribution in [0, 0.1) is 0 Å². The molecule has 0 unspecified atom stereocenters. The zero-order chi connectivity index (χ0) is 30.1. The average molecular weight is 899 g/mol. The smallest absolute Gasteiger partial charge is 0.0967 e. The van der Waals surface area contributed by atoms with Gasteiger partial charge in [0.1, 0.15) is 0 Å². The van der Waals surface area contributed by atoms with E-state index in [9.17, 15) is 0 Å². The van der Waals surface area contributed by atoms with Crippen molar-refractivity contribution in [2.75, 3.05) is 78.5 Å². The number of nitrogens with zero attached hydrogens (tertiary/aromatic N) is 8. The van der Waals surface area contributed by atoms with E-state index >= 15 is 0 Å². The number of hydrogen-bond acceptors (Lipinski definition) is 10. The van der Waals surface area contributed by atoms with E-state index in [0.717, 1.165) is 129 Å². The van der Waals surface area contributed by atoms with E-state index in [0.29, 0.717) is 13.1 Å². The summed E-state index contributed by atoms with van der Waals surface area (Å²) in [5.41, 5.74) is 4.50. The lowest BCUT2D eigenvalue weighted by molar-refractivity contribution is 0.252. The van der Waals surface area contributed by atoms with Crippen LogP contribution in [0.3, 0.4) is 0 Å². The predicted molar refractivity (Wildman–Crippen MR) is 232 cm³/mol. The minimum Gasteiger partial charge on any atom is -0.317 e. The number of nitrogens with one attached hydrogen (secondary N) is 4. The lowest BCUT2D eigenvalue weighted by Gasteiger charge is -2.22. The SMILES string of the molecule is Cl.Cl.Cl.Cl.Cl.Cl.Cl.Cl.c1cc(Cn2cc(CN3CCCNCCCNCCC3)nn2)cc(Cn2cc(CN3CCCNCCCNCCC3)nn2)c1. The number of hydrogen-bond donors (Lipinski definition) is 4. The molecule has 12 nitrogen and oxygen atoms in total. The van der Waals surface area contributed by atoms with Gasteiger partial charge < -0.3 is 21.3 Å². The van der Waals surface area contributed by atoms with E-state index < -0.39 is 0 Å². The highest BCUT2D eigenvalue weighted by atomic mass is 35.5. The summed E-state index contributed by atoms with van der Waals surface area (Å²) in [7, 11) is 0. The molecule has 2 saturated heterocycles. The molecule has 4 N–H and O–H groups in total. The van der Waals surface area contributed by atoms with Gasteiger partial charge in [-0.3, -0.25) is 9.80 Å². The fourth-order valence-corrected chi connectivity index (χ4v) is 6.06. The lowest BCUT2D eigenvalue weighted by Crippen LogP contribution is -2.32. The molecular formula is C32H62Cl8N12. The molecule has 2 fully saturated rings. The topological polar surface area (TPSA) is 116 Å². The van der Waals surface area contributed by atoms with Gasteiger partial charge in [0.2, 0.25) is 0 Å². The Kier molecular flexibility index (Phi) is 39.3. The van der Waals surface area contributed by atoms with E-state index in [1.807, 2.05) is 9.36 Å². The first kappa shape index (κ1) is 58.3. The molecule has 20 heteroatoms. The van der Waals surface area contributed by atoms with Crippen molar-refractivity contribution in [3.8, 4) is 0 Å². The van der Waals surface area contributed by atoms with Gasteiger partial charge in [-0.25, -0.2) is 9.36 Å². The molecule has 0 aliphatic carbocycles. The van der Waals surface area contributed by atoms with E-state index in [2.05, 4.69) is 88.4 Å². The van der Waals surface area contributed by atoms with Gasteiger partial charge in [0.15, 0.2) is 0 Å². The molecule has 4 heterocycles. The molecule has 0 radical (unpaired) electrons. The number of benzene rings is 1. The standard InChI is InChI=1S/C32H54N12.8ClH/c1-8-29(23-43-27-31(37-39-43)25-41-18-4-14-33-10-2-11-34-15-5-19-41)22-30(9-1)24-44-28-32(38-40-44)26-42-20-6-16-35-12-3-13-36-17-7-21-42;;;;;;;;/h1,8-9,22,27-28,33-36H,2-7,10-21,23-26H2;8*1H. The minimum atomic E-state index is 0. The summed E-state index contributed by atoms with van der Waals surface area (Å²) in [4.78, 5) is 5.03. The monoisotopic (exact) mass is 894 g/mol. The molecule has 0 saturated carbocycles. The first-order chi connectivity index (χ1) is 21.8. The fourth-order valence-electron chi connectivity index (χ4n) is 6.06. The van der Waals surface area contributed by atoms with Crippen LogP contribution < -0.4 is 21.3 Å². The van der Waals surface area contributed by atoms with Crippen LogP contribution in [0.5, 0.6) is 0 Å². The van der Waals surface area contributed by atoms with Crippen molar-refractivity contribution in [2.45, 2.75) is 64.7 Å². The first-order valence-electron chi connectivity index (χ1n) is 16.9. The summed E-state index contributed by atoms with van der Waals surface area (Å²) >= 11 is 0. The molecule has 0 atom stereocenters. The van der Waals surface area contributed by atoms with E-state index in [4.69, 9.17) is 0 Å². The number of aromatic nitrogens is 6. The van der Waals surface area contributed by atoms with Gasteiger partial charge in [0.05, 0.1) is 36.9 Å². The molecule has 5 rings (SSSR count). The molecule has 0 bridgehead atoms. The second kappa shape index (κ2) is 35.0. The van der Waals surface area contributed by atoms with Gasteiger partial charge in [0, 0.05) is 13.1 Å². The first-order valence-corrected chi connectivity index (χ1v) is 16.9. The van der Waals surface area contributed by atoms with E-state index in [1.54, 1.807) is 0 Å². The Labute approximate surface area is 360 Å². The molecule has 3 aromatic rings. The fraction of sp³-hybridized carbons (Fsp3) is 0.688. The second-order valence-electron chi connectivity index (χ2n) is 12.3. The van der Waals surface area contributed by atoms with Crippen LogP contribution in [0.2, 0.25) is 0 Å². The molecule has 2 aliphatic heterocycles. The van der Waals surface area contributed by atoms with Gasteiger partial charge in [-0.1, -0.05) is 34.7 Å². The van der Waals surface area contributed by atoms with Gasteiger partial charge in [-0.05, 0) is 128 Å².